The molecular weight excluding hydrogens is 260 g/mol. The summed E-state index contributed by atoms with van der Waals surface area (Å²) in [6.07, 6.45) is 2.23. The molecule has 0 aliphatic heterocycles. The van der Waals surface area contributed by atoms with Gasteiger partial charge in [0.1, 0.15) is 5.75 Å². The summed E-state index contributed by atoms with van der Waals surface area (Å²) in [4.78, 5) is 0. The lowest BCUT2D eigenvalue weighted by Crippen LogP contribution is -2.04. The van der Waals surface area contributed by atoms with E-state index in [1.54, 1.807) is 7.11 Å². The van der Waals surface area contributed by atoms with Crippen LogP contribution in [-0.2, 0) is 13.1 Å². The van der Waals surface area contributed by atoms with Crippen LogP contribution in [0, 0.1) is 0 Å². The SMILES string of the molecule is CNCc1cn(Cc2ccccc2OC)c2ccccc12. The molecule has 0 aliphatic carbocycles. The van der Waals surface area contributed by atoms with Crippen LogP contribution in [0.4, 0.5) is 0 Å². The lowest BCUT2D eigenvalue weighted by atomic mass is 10.2. The van der Waals surface area contributed by atoms with Crippen molar-refractivity contribution in [1.29, 1.82) is 0 Å². The Balaban J connectivity index is 2.04. The Morgan fingerprint density at radius 1 is 1.00 bits per heavy atom. The average Bonchev–Trinajstić information content (AvgIpc) is 2.87. The predicted octanol–water partition coefficient (Wildman–Crippen LogP) is 3.42. The van der Waals surface area contributed by atoms with Gasteiger partial charge in [0.05, 0.1) is 13.7 Å². The maximum Gasteiger partial charge on any atom is 0.123 e. The van der Waals surface area contributed by atoms with Crippen molar-refractivity contribution in [1.82, 2.24) is 9.88 Å². The smallest absolute Gasteiger partial charge is 0.123 e. The van der Waals surface area contributed by atoms with Gasteiger partial charge in [-0.2, -0.15) is 0 Å². The third kappa shape index (κ3) is 2.65. The van der Waals surface area contributed by atoms with Gasteiger partial charge in [-0.3, -0.25) is 0 Å². The first-order chi connectivity index (χ1) is 10.3. The van der Waals surface area contributed by atoms with E-state index in [2.05, 4.69) is 52.5 Å². The Kier molecular flexibility index (Phi) is 3.93. The van der Waals surface area contributed by atoms with E-state index in [4.69, 9.17) is 4.74 Å². The van der Waals surface area contributed by atoms with Crippen LogP contribution in [0.3, 0.4) is 0 Å². The first-order valence-corrected chi connectivity index (χ1v) is 7.16. The van der Waals surface area contributed by atoms with Gasteiger partial charge in [-0.15, -0.1) is 0 Å². The number of nitrogens with zero attached hydrogens (tertiary/aromatic N) is 1. The number of aromatic nitrogens is 1. The van der Waals surface area contributed by atoms with Crippen molar-refractivity contribution >= 4 is 10.9 Å². The van der Waals surface area contributed by atoms with Crippen molar-refractivity contribution in [2.24, 2.45) is 0 Å². The lowest BCUT2D eigenvalue weighted by Gasteiger charge is -2.10. The van der Waals surface area contributed by atoms with E-state index in [1.807, 2.05) is 19.2 Å². The monoisotopic (exact) mass is 280 g/mol. The molecule has 2 aromatic carbocycles. The zero-order chi connectivity index (χ0) is 14.7. The van der Waals surface area contributed by atoms with Crippen molar-refractivity contribution in [2.75, 3.05) is 14.2 Å². The zero-order valence-electron chi connectivity index (χ0n) is 12.5. The van der Waals surface area contributed by atoms with Crippen LogP contribution in [0.5, 0.6) is 5.75 Å². The molecule has 3 heteroatoms. The summed E-state index contributed by atoms with van der Waals surface area (Å²) in [7, 11) is 3.70. The zero-order valence-corrected chi connectivity index (χ0v) is 12.5. The van der Waals surface area contributed by atoms with Gasteiger partial charge in [-0.1, -0.05) is 36.4 Å². The summed E-state index contributed by atoms with van der Waals surface area (Å²) >= 11 is 0. The molecule has 0 amide bonds. The number of fused-ring (bicyclic) bond motifs is 1. The molecule has 1 aromatic heterocycles. The maximum atomic E-state index is 5.46. The van der Waals surface area contributed by atoms with E-state index in [1.165, 1.54) is 22.0 Å². The summed E-state index contributed by atoms with van der Waals surface area (Å²) < 4.78 is 7.75. The number of ether oxygens (including phenoxy) is 1. The molecule has 1 heterocycles. The molecule has 0 radical (unpaired) electrons. The quantitative estimate of drug-likeness (QED) is 0.775. The molecule has 0 atom stereocenters. The van der Waals surface area contributed by atoms with Crippen LogP contribution < -0.4 is 10.1 Å². The Labute approximate surface area is 125 Å². The molecule has 3 rings (SSSR count). The van der Waals surface area contributed by atoms with E-state index in [9.17, 15) is 0 Å². The van der Waals surface area contributed by atoms with Crippen molar-refractivity contribution in [3.8, 4) is 5.75 Å². The Bertz CT molecular complexity index is 746. The number of hydrogen-bond donors (Lipinski definition) is 1. The van der Waals surface area contributed by atoms with Gasteiger partial charge in [0.15, 0.2) is 0 Å². The minimum Gasteiger partial charge on any atom is -0.496 e. The first-order valence-electron chi connectivity index (χ1n) is 7.16. The molecule has 0 fully saturated rings. The van der Waals surface area contributed by atoms with Gasteiger partial charge in [-0.25, -0.2) is 0 Å². The van der Waals surface area contributed by atoms with Crippen LogP contribution in [-0.4, -0.2) is 18.7 Å². The summed E-state index contributed by atoms with van der Waals surface area (Å²) in [6, 6.07) is 16.7. The molecule has 0 spiro atoms. The van der Waals surface area contributed by atoms with Gasteiger partial charge in [-0.05, 0) is 24.7 Å². The molecule has 108 valence electrons. The molecule has 3 nitrogen and oxygen atoms in total. The van der Waals surface area contributed by atoms with Crippen LogP contribution in [0.25, 0.3) is 10.9 Å². The number of rotatable bonds is 5. The second-order valence-electron chi connectivity index (χ2n) is 5.14. The van der Waals surface area contributed by atoms with Gasteiger partial charge in [0, 0.05) is 29.2 Å². The fraction of sp³-hybridized carbons (Fsp3) is 0.222. The van der Waals surface area contributed by atoms with Crippen molar-refractivity contribution in [2.45, 2.75) is 13.1 Å². The molecule has 3 aromatic rings. The largest absolute Gasteiger partial charge is 0.496 e. The maximum absolute atomic E-state index is 5.46. The second-order valence-corrected chi connectivity index (χ2v) is 5.14. The van der Waals surface area contributed by atoms with E-state index in [-0.39, 0.29) is 0 Å². The summed E-state index contributed by atoms with van der Waals surface area (Å²) in [5, 5.41) is 4.55. The summed E-state index contributed by atoms with van der Waals surface area (Å²) in [5.74, 6) is 0.936. The van der Waals surface area contributed by atoms with Gasteiger partial charge >= 0.3 is 0 Å². The van der Waals surface area contributed by atoms with Crippen molar-refractivity contribution < 1.29 is 4.74 Å². The average molecular weight is 280 g/mol. The normalized spacial score (nSPS) is 11.0. The number of methoxy groups -OCH3 is 1. The van der Waals surface area contributed by atoms with Crippen LogP contribution in [0.15, 0.2) is 54.7 Å². The molecule has 0 aliphatic rings. The highest BCUT2D eigenvalue weighted by Gasteiger charge is 2.09. The second kappa shape index (κ2) is 6.02. The molecule has 1 N–H and O–H groups in total. The number of hydrogen-bond acceptors (Lipinski definition) is 2. The van der Waals surface area contributed by atoms with Gasteiger partial charge in [0.25, 0.3) is 0 Å². The minimum atomic E-state index is 0.814. The van der Waals surface area contributed by atoms with E-state index >= 15 is 0 Å². The molecule has 0 unspecified atom stereocenters. The standard InChI is InChI=1S/C18H20N2O/c1-19-11-15-13-20(17-9-5-4-8-16(15)17)12-14-7-3-6-10-18(14)21-2/h3-10,13,19H,11-12H2,1-2H3. The van der Waals surface area contributed by atoms with Gasteiger partial charge in [0.2, 0.25) is 0 Å². The Hall–Kier alpha value is -2.26. The van der Waals surface area contributed by atoms with Crippen molar-refractivity contribution in [3.63, 3.8) is 0 Å². The predicted molar refractivity (Wildman–Crippen MR) is 86.8 cm³/mol. The third-order valence-corrected chi connectivity index (χ3v) is 3.77. The fourth-order valence-electron chi connectivity index (χ4n) is 2.80. The van der Waals surface area contributed by atoms with E-state index < -0.39 is 0 Å². The molecule has 21 heavy (non-hydrogen) atoms. The number of nitrogens with one attached hydrogen (secondary N) is 1. The highest BCUT2D eigenvalue weighted by atomic mass is 16.5. The fourth-order valence-corrected chi connectivity index (χ4v) is 2.80. The first kappa shape index (κ1) is 13.7. The number of benzene rings is 2. The minimum absolute atomic E-state index is 0.814. The van der Waals surface area contributed by atoms with E-state index in [0.717, 1.165) is 18.8 Å². The van der Waals surface area contributed by atoms with Crippen LogP contribution in [0.2, 0.25) is 0 Å². The van der Waals surface area contributed by atoms with Crippen molar-refractivity contribution in [3.05, 3.63) is 65.9 Å². The molecular formula is C18H20N2O. The molecule has 0 saturated carbocycles. The highest BCUT2D eigenvalue weighted by Crippen LogP contribution is 2.25. The van der Waals surface area contributed by atoms with Crippen LogP contribution >= 0.6 is 0 Å². The summed E-state index contributed by atoms with van der Waals surface area (Å²) in [5.41, 5.74) is 3.77. The highest BCUT2D eigenvalue weighted by molar-refractivity contribution is 5.84. The third-order valence-electron chi connectivity index (χ3n) is 3.77. The Morgan fingerprint density at radius 3 is 2.57 bits per heavy atom. The Morgan fingerprint density at radius 2 is 1.76 bits per heavy atom. The molecule has 0 bridgehead atoms. The summed E-state index contributed by atoms with van der Waals surface area (Å²) in [6.45, 7) is 1.69. The van der Waals surface area contributed by atoms with Crippen LogP contribution in [0.1, 0.15) is 11.1 Å². The molecule has 0 saturated heterocycles. The lowest BCUT2D eigenvalue weighted by molar-refractivity contribution is 0.408. The number of para-hydroxylation sites is 2. The van der Waals surface area contributed by atoms with Gasteiger partial charge < -0.3 is 14.6 Å². The topological polar surface area (TPSA) is 26.2 Å². The van der Waals surface area contributed by atoms with E-state index in [0.29, 0.717) is 0 Å².